The molecule has 0 bridgehead atoms. The van der Waals surface area contributed by atoms with Gasteiger partial charge < -0.3 is 9.15 Å². The molecule has 32 heavy (non-hydrogen) atoms. The van der Waals surface area contributed by atoms with E-state index in [1.54, 1.807) is 0 Å². The summed E-state index contributed by atoms with van der Waals surface area (Å²) in [6.07, 6.45) is 0. The van der Waals surface area contributed by atoms with E-state index >= 15 is 0 Å². The standard InChI is InChI=1S/C15H14O.C15H16O/c1-10(2)11-7-5-8-13-12-6-3-4-9-14(12)16-15(11)13;1-12(2)13-8-10-15(11-9-13)16-14-6-4-3-5-7-14/h3-10H,1-2H3;3-12H,1-2H3. The van der Waals surface area contributed by atoms with E-state index in [-0.39, 0.29) is 0 Å². The van der Waals surface area contributed by atoms with E-state index < -0.39 is 0 Å². The molecule has 1 heterocycles. The molecular weight excluding hydrogens is 392 g/mol. The van der Waals surface area contributed by atoms with Gasteiger partial charge in [-0.15, -0.1) is 0 Å². The molecule has 0 fully saturated rings. The maximum Gasteiger partial charge on any atom is 0.138 e. The second kappa shape index (κ2) is 9.74. The monoisotopic (exact) mass is 422 g/mol. The molecule has 2 heteroatoms. The van der Waals surface area contributed by atoms with Crippen LogP contribution in [0.1, 0.15) is 50.7 Å². The lowest BCUT2D eigenvalue weighted by Gasteiger charge is -2.08. The van der Waals surface area contributed by atoms with Crippen LogP contribution >= 0.6 is 0 Å². The Labute approximate surface area is 190 Å². The molecule has 162 valence electrons. The van der Waals surface area contributed by atoms with Crippen LogP contribution in [0.4, 0.5) is 0 Å². The number of hydrogen-bond acceptors (Lipinski definition) is 2. The third-order valence-electron chi connectivity index (χ3n) is 5.58. The molecule has 4 aromatic carbocycles. The molecule has 0 saturated heterocycles. The first-order valence-corrected chi connectivity index (χ1v) is 11.3. The quantitative estimate of drug-likeness (QED) is 0.288. The molecule has 0 aliphatic rings. The fourth-order valence-electron chi connectivity index (χ4n) is 3.77. The molecule has 0 spiro atoms. The summed E-state index contributed by atoms with van der Waals surface area (Å²) in [6.45, 7) is 8.77. The zero-order valence-corrected chi connectivity index (χ0v) is 19.2. The van der Waals surface area contributed by atoms with Crippen LogP contribution in [0, 0.1) is 0 Å². The van der Waals surface area contributed by atoms with Crippen molar-refractivity contribution in [2.75, 3.05) is 0 Å². The van der Waals surface area contributed by atoms with Crippen LogP contribution in [0.2, 0.25) is 0 Å². The Kier molecular flexibility index (Phi) is 6.61. The summed E-state index contributed by atoms with van der Waals surface area (Å²) in [4.78, 5) is 0. The van der Waals surface area contributed by atoms with Crippen molar-refractivity contribution in [3.05, 3.63) is 108 Å². The zero-order valence-electron chi connectivity index (χ0n) is 19.2. The Balaban J connectivity index is 0.000000153. The molecule has 0 saturated carbocycles. The smallest absolute Gasteiger partial charge is 0.138 e. The fourth-order valence-corrected chi connectivity index (χ4v) is 3.77. The van der Waals surface area contributed by atoms with Gasteiger partial charge >= 0.3 is 0 Å². The highest BCUT2D eigenvalue weighted by Crippen LogP contribution is 2.33. The summed E-state index contributed by atoms with van der Waals surface area (Å²) < 4.78 is 11.7. The number of benzene rings is 4. The molecule has 0 atom stereocenters. The topological polar surface area (TPSA) is 22.4 Å². The second-order valence-electron chi connectivity index (χ2n) is 8.62. The van der Waals surface area contributed by atoms with E-state index in [2.05, 4.69) is 70.2 Å². The zero-order chi connectivity index (χ0) is 22.5. The molecule has 5 rings (SSSR count). The molecule has 0 aliphatic carbocycles. The van der Waals surface area contributed by atoms with Gasteiger partial charge in [0.1, 0.15) is 22.7 Å². The van der Waals surface area contributed by atoms with Gasteiger partial charge in [-0.05, 0) is 53.3 Å². The third-order valence-corrected chi connectivity index (χ3v) is 5.58. The molecule has 0 amide bonds. The normalized spacial score (nSPS) is 11.1. The van der Waals surface area contributed by atoms with E-state index in [0.29, 0.717) is 11.8 Å². The van der Waals surface area contributed by atoms with Crippen LogP contribution in [0.3, 0.4) is 0 Å². The van der Waals surface area contributed by atoms with Gasteiger partial charge in [0.2, 0.25) is 0 Å². The number of rotatable bonds is 4. The maximum atomic E-state index is 5.94. The number of ether oxygens (including phenoxy) is 1. The maximum absolute atomic E-state index is 5.94. The van der Waals surface area contributed by atoms with Crippen molar-refractivity contribution < 1.29 is 9.15 Å². The molecule has 0 unspecified atom stereocenters. The highest BCUT2D eigenvalue weighted by atomic mass is 16.5. The van der Waals surface area contributed by atoms with Crippen molar-refractivity contribution in [3.63, 3.8) is 0 Å². The summed E-state index contributed by atoms with van der Waals surface area (Å²) in [5.41, 5.74) is 4.64. The van der Waals surface area contributed by atoms with Gasteiger partial charge in [0.15, 0.2) is 0 Å². The molecule has 5 aromatic rings. The molecule has 0 N–H and O–H groups in total. The molecule has 2 nitrogen and oxygen atoms in total. The van der Waals surface area contributed by atoms with Gasteiger partial charge in [-0.25, -0.2) is 0 Å². The van der Waals surface area contributed by atoms with Crippen LogP contribution in [-0.4, -0.2) is 0 Å². The summed E-state index contributed by atoms with van der Waals surface area (Å²) in [7, 11) is 0. The average molecular weight is 423 g/mol. The Morgan fingerprint density at radius 1 is 0.562 bits per heavy atom. The third kappa shape index (κ3) is 4.86. The van der Waals surface area contributed by atoms with Crippen LogP contribution in [0.25, 0.3) is 21.9 Å². The van der Waals surface area contributed by atoms with E-state index in [9.17, 15) is 0 Å². The Morgan fingerprint density at radius 3 is 1.88 bits per heavy atom. The largest absolute Gasteiger partial charge is 0.457 e. The first-order chi connectivity index (χ1) is 15.5. The first kappa shape index (κ1) is 21.7. The van der Waals surface area contributed by atoms with Gasteiger partial charge in [-0.2, -0.15) is 0 Å². The van der Waals surface area contributed by atoms with Crippen LogP contribution in [-0.2, 0) is 0 Å². The Bertz CT molecular complexity index is 1280. The summed E-state index contributed by atoms with van der Waals surface area (Å²) in [5.74, 6) is 2.81. The minimum Gasteiger partial charge on any atom is -0.457 e. The number of fused-ring (bicyclic) bond motifs is 3. The predicted octanol–water partition coefficient (Wildman–Crippen LogP) is 9.31. The minimum absolute atomic E-state index is 0.490. The van der Waals surface area contributed by atoms with Crippen molar-refractivity contribution >= 4 is 21.9 Å². The number of hydrogen-bond donors (Lipinski definition) is 0. The lowest BCUT2D eigenvalue weighted by Crippen LogP contribution is -1.88. The summed E-state index contributed by atoms with van der Waals surface area (Å²) >= 11 is 0. The highest BCUT2D eigenvalue weighted by Gasteiger charge is 2.11. The van der Waals surface area contributed by atoms with E-state index in [4.69, 9.17) is 9.15 Å². The van der Waals surface area contributed by atoms with Gasteiger partial charge in [-0.1, -0.05) is 94.4 Å². The average Bonchev–Trinajstić information content (AvgIpc) is 3.19. The molecule has 1 aromatic heterocycles. The lowest BCUT2D eigenvalue weighted by atomic mass is 10.0. The van der Waals surface area contributed by atoms with E-state index in [1.165, 1.54) is 21.9 Å². The van der Waals surface area contributed by atoms with Crippen molar-refractivity contribution in [2.24, 2.45) is 0 Å². The first-order valence-electron chi connectivity index (χ1n) is 11.3. The SMILES string of the molecule is CC(C)c1ccc(Oc2ccccc2)cc1.CC(C)c1cccc2c1oc1ccccc12. The second-order valence-corrected chi connectivity index (χ2v) is 8.62. The van der Waals surface area contributed by atoms with Crippen molar-refractivity contribution in [1.29, 1.82) is 0 Å². The molecule has 0 aliphatic heterocycles. The summed E-state index contributed by atoms with van der Waals surface area (Å²) in [5, 5.41) is 2.43. The van der Waals surface area contributed by atoms with Crippen LogP contribution in [0.15, 0.2) is 101 Å². The summed E-state index contributed by atoms with van der Waals surface area (Å²) in [6, 6.07) is 32.7. The lowest BCUT2D eigenvalue weighted by molar-refractivity contribution is 0.482. The highest BCUT2D eigenvalue weighted by molar-refractivity contribution is 6.05. The van der Waals surface area contributed by atoms with Crippen molar-refractivity contribution in [2.45, 2.75) is 39.5 Å². The fraction of sp³-hybridized carbons (Fsp3) is 0.200. The van der Waals surface area contributed by atoms with E-state index in [0.717, 1.165) is 22.7 Å². The molecule has 0 radical (unpaired) electrons. The van der Waals surface area contributed by atoms with Crippen molar-refractivity contribution in [3.8, 4) is 11.5 Å². The van der Waals surface area contributed by atoms with Crippen molar-refractivity contribution in [1.82, 2.24) is 0 Å². The van der Waals surface area contributed by atoms with Crippen LogP contribution < -0.4 is 4.74 Å². The predicted molar refractivity (Wildman–Crippen MR) is 135 cm³/mol. The number of furan rings is 1. The van der Waals surface area contributed by atoms with Crippen LogP contribution in [0.5, 0.6) is 11.5 Å². The Morgan fingerprint density at radius 2 is 1.19 bits per heavy atom. The molecular formula is C30H30O2. The van der Waals surface area contributed by atoms with Gasteiger partial charge in [-0.3, -0.25) is 0 Å². The minimum atomic E-state index is 0.490. The van der Waals surface area contributed by atoms with Gasteiger partial charge in [0.05, 0.1) is 0 Å². The Hall–Kier alpha value is -3.52. The van der Waals surface area contributed by atoms with Gasteiger partial charge in [0.25, 0.3) is 0 Å². The number of para-hydroxylation sites is 3. The van der Waals surface area contributed by atoms with Gasteiger partial charge in [0, 0.05) is 10.8 Å². The van der Waals surface area contributed by atoms with E-state index in [1.807, 2.05) is 54.6 Å².